The fraction of sp³-hybridized carbons (Fsp3) is 0.429. The molecule has 0 spiro atoms. The molecule has 6 heteroatoms. The van der Waals surface area contributed by atoms with E-state index in [-0.39, 0.29) is 23.4 Å². The number of carbonyl (C=O) groups is 2. The maximum absolute atomic E-state index is 13.9. The van der Waals surface area contributed by atoms with Gasteiger partial charge in [-0.1, -0.05) is 0 Å². The number of halogens is 2. The highest BCUT2D eigenvalue weighted by Gasteiger charge is 2.46. The van der Waals surface area contributed by atoms with Crippen molar-refractivity contribution >= 4 is 17.5 Å². The largest absolute Gasteiger partial charge is 0.342 e. The van der Waals surface area contributed by atoms with Gasteiger partial charge in [-0.05, 0) is 37.8 Å². The van der Waals surface area contributed by atoms with Crippen LogP contribution in [-0.4, -0.2) is 23.9 Å². The third-order valence-corrected chi connectivity index (χ3v) is 3.83. The van der Waals surface area contributed by atoms with Crippen molar-refractivity contribution in [2.75, 3.05) is 4.90 Å². The molecule has 2 amide bonds. The zero-order valence-electron chi connectivity index (χ0n) is 10.9. The SMILES string of the molecule is CC1C(=O)NC(C2CC2)C(=O)N1c1cc(F)ccc1F. The maximum Gasteiger partial charge on any atom is 0.250 e. The number of anilines is 1. The first-order valence-corrected chi connectivity index (χ1v) is 6.57. The molecule has 0 radical (unpaired) electrons. The van der Waals surface area contributed by atoms with Crippen molar-refractivity contribution < 1.29 is 18.4 Å². The van der Waals surface area contributed by atoms with E-state index in [1.165, 1.54) is 6.92 Å². The summed E-state index contributed by atoms with van der Waals surface area (Å²) in [6, 6.07) is 1.42. The van der Waals surface area contributed by atoms with Crippen LogP contribution in [0.5, 0.6) is 0 Å². The highest BCUT2D eigenvalue weighted by Crippen LogP contribution is 2.36. The Morgan fingerprint density at radius 2 is 1.95 bits per heavy atom. The Morgan fingerprint density at radius 3 is 2.60 bits per heavy atom. The van der Waals surface area contributed by atoms with Gasteiger partial charge < -0.3 is 5.32 Å². The predicted molar refractivity (Wildman–Crippen MR) is 68.0 cm³/mol. The van der Waals surface area contributed by atoms with Gasteiger partial charge >= 0.3 is 0 Å². The molecule has 1 heterocycles. The van der Waals surface area contributed by atoms with E-state index in [1.54, 1.807) is 0 Å². The smallest absolute Gasteiger partial charge is 0.250 e. The van der Waals surface area contributed by atoms with Gasteiger partial charge in [0.25, 0.3) is 5.91 Å². The number of rotatable bonds is 2. The molecule has 3 rings (SSSR count). The van der Waals surface area contributed by atoms with Crippen LogP contribution in [0, 0.1) is 17.6 Å². The first kappa shape index (κ1) is 13.0. The minimum Gasteiger partial charge on any atom is -0.342 e. The summed E-state index contributed by atoms with van der Waals surface area (Å²) in [6.07, 6.45) is 1.73. The van der Waals surface area contributed by atoms with E-state index >= 15 is 0 Å². The molecule has 2 atom stereocenters. The molecule has 1 aromatic carbocycles. The van der Waals surface area contributed by atoms with Crippen LogP contribution >= 0.6 is 0 Å². The van der Waals surface area contributed by atoms with E-state index in [0.717, 1.165) is 35.9 Å². The summed E-state index contributed by atoms with van der Waals surface area (Å²) < 4.78 is 27.2. The number of benzene rings is 1. The second-order valence-electron chi connectivity index (χ2n) is 5.30. The second-order valence-corrected chi connectivity index (χ2v) is 5.30. The number of amides is 2. The van der Waals surface area contributed by atoms with E-state index in [2.05, 4.69) is 5.32 Å². The van der Waals surface area contributed by atoms with Gasteiger partial charge in [0.05, 0.1) is 5.69 Å². The van der Waals surface area contributed by atoms with Crippen molar-refractivity contribution in [3.63, 3.8) is 0 Å². The lowest BCUT2D eigenvalue weighted by Gasteiger charge is -2.37. The zero-order chi connectivity index (χ0) is 14.4. The Bertz CT molecular complexity index is 587. The van der Waals surface area contributed by atoms with Crippen molar-refractivity contribution in [1.29, 1.82) is 0 Å². The molecule has 1 aliphatic heterocycles. The van der Waals surface area contributed by atoms with E-state index < -0.39 is 23.7 Å². The van der Waals surface area contributed by atoms with Gasteiger partial charge in [-0.25, -0.2) is 8.78 Å². The Morgan fingerprint density at radius 1 is 1.25 bits per heavy atom. The lowest BCUT2D eigenvalue weighted by Crippen LogP contribution is -2.63. The van der Waals surface area contributed by atoms with Crippen LogP contribution in [0.2, 0.25) is 0 Å². The molecular formula is C14H14F2N2O2. The highest BCUT2D eigenvalue weighted by molar-refractivity contribution is 6.08. The zero-order valence-corrected chi connectivity index (χ0v) is 10.9. The van der Waals surface area contributed by atoms with Crippen LogP contribution in [0.3, 0.4) is 0 Å². The Kier molecular flexibility index (Phi) is 2.96. The van der Waals surface area contributed by atoms with Crippen molar-refractivity contribution in [2.45, 2.75) is 31.8 Å². The molecule has 2 aliphatic rings. The molecule has 1 aromatic rings. The Labute approximate surface area is 114 Å². The monoisotopic (exact) mass is 280 g/mol. The normalized spacial score (nSPS) is 26.6. The molecular weight excluding hydrogens is 266 g/mol. The topological polar surface area (TPSA) is 49.4 Å². The van der Waals surface area contributed by atoms with E-state index in [0.29, 0.717) is 0 Å². The van der Waals surface area contributed by atoms with Gasteiger partial charge in [0.1, 0.15) is 23.7 Å². The van der Waals surface area contributed by atoms with Crippen LogP contribution in [-0.2, 0) is 9.59 Å². The number of piperazine rings is 1. The molecule has 20 heavy (non-hydrogen) atoms. The summed E-state index contributed by atoms with van der Waals surface area (Å²) in [5.41, 5.74) is -0.178. The molecule has 106 valence electrons. The van der Waals surface area contributed by atoms with E-state index in [1.807, 2.05) is 0 Å². The van der Waals surface area contributed by atoms with Crippen LogP contribution in [0.4, 0.5) is 14.5 Å². The lowest BCUT2D eigenvalue weighted by atomic mass is 10.0. The Balaban J connectivity index is 2.01. The van der Waals surface area contributed by atoms with Gasteiger partial charge in [0.15, 0.2) is 0 Å². The summed E-state index contributed by atoms with van der Waals surface area (Å²) in [7, 11) is 0. The number of nitrogens with one attached hydrogen (secondary N) is 1. The molecule has 1 saturated carbocycles. The first-order valence-electron chi connectivity index (χ1n) is 6.57. The van der Waals surface area contributed by atoms with Crippen LogP contribution in [0.15, 0.2) is 18.2 Å². The van der Waals surface area contributed by atoms with Crippen molar-refractivity contribution in [3.8, 4) is 0 Å². The standard InChI is InChI=1S/C14H14F2N2O2/c1-7-13(19)17-12(8-2-3-8)14(20)18(7)11-6-9(15)4-5-10(11)16/h4-8,12H,2-3H2,1H3,(H,17,19). The predicted octanol–water partition coefficient (Wildman–Crippen LogP) is 1.59. The summed E-state index contributed by atoms with van der Waals surface area (Å²) in [5, 5.41) is 2.67. The number of hydrogen-bond acceptors (Lipinski definition) is 2. The summed E-state index contributed by atoms with van der Waals surface area (Å²) >= 11 is 0. The van der Waals surface area contributed by atoms with Crippen LogP contribution < -0.4 is 10.2 Å². The third kappa shape index (κ3) is 2.05. The minimum absolute atomic E-state index is 0.109. The maximum atomic E-state index is 13.9. The van der Waals surface area contributed by atoms with Gasteiger partial charge in [-0.15, -0.1) is 0 Å². The van der Waals surface area contributed by atoms with Crippen molar-refractivity contribution in [2.24, 2.45) is 5.92 Å². The number of nitrogens with zero attached hydrogens (tertiary/aromatic N) is 1. The average Bonchev–Trinajstić information content (AvgIpc) is 3.22. The van der Waals surface area contributed by atoms with Gasteiger partial charge in [0, 0.05) is 6.07 Å². The molecule has 0 aromatic heterocycles. The molecule has 1 N–H and O–H groups in total. The molecule has 0 bridgehead atoms. The molecule has 2 fully saturated rings. The number of hydrogen-bond donors (Lipinski definition) is 1. The summed E-state index contributed by atoms with van der Waals surface area (Å²) in [5.74, 6) is -1.96. The van der Waals surface area contributed by atoms with Gasteiger partial charge in [-0.3, -0.25) is 14.5 Å². The Hall–Kier alpha value is -1.98. The fourth-order valence-electron chi connectivity index (χ4n) is 2.54. The minimum atomic E-state index is -0.853. The molecule has 2 unspecified atom stereocenters. The van der Waals surface area contributed by atoms with Crippen LogP contribution in [0.25, 0.3) is 0 Å². The van der Waals surface area contributed by atoms with Gasteiger partial charge in [-0.2, -0.15) is 0 Å². The fourth-order valence-corrected chi connectivity index (χ4v) is 2.54. The second kappa shape index (κ2) is 4.54. The van der Waals surface area contributed by atoms with Crippen LogP contribution in [0.1, 0.15) is 19.8 Å². The quantitative estimate of drug-likeness (QED) is 0.894. The van der Waals surface area contributed by atoms with Crippen molar-refractivity contribution in [3.05, 3.63) is 29.8 Å². The summed E-state index contributed by atoms with van der Waals surface area (Å²) in [4.78, 5) is 25.5. The molecule has 4 nitrogen and oxygen atoms in total. The number of carbonyl (C=O) groups excluding carboxylic acids is 2. The first-order chi connectivity index (χ1) is 9.49. The summed E-state index contributed by atoms with van der Waals surface area (Å²) in [6.45, 7) is 1.50. The van der Waals surface area contributed by atoms with E-state index in [4.69, 9.17) is 0 Å². The average molecular weight is 280 g/mol. The van der Waals surface area contributed by atoms with E-state index in [9.17, 15) is 18.4 Å². The molecule has 1 aliphatic carbocycles. The van der Waals surface area contributed by atoms with Gasteiger partial charge in [0.2, 0.25) is 5.91 Å². The highest BCUT2D eigenvalue weighted by atomic mass is 19.1. The lowest BCUT2D eigenvalue weighted by molar-refractivity contribution is -0.134. The molecule has 1 saturated heterocycles. The van der Waals surface area contributed by atoms with Crippen molar-refractivity contribution in [1.82, 2.24) is 5.32 Å². The third-order valence-electron chi connectivity index (χ3n) is 3.83.